The summed E-state index contributed by atoms with van der Waals surface area (Å²) < 4.78 is 0. The molecule has 0 aliphatic carbocycles. The van der Waals surface area contributed by atoms with Crippen molar-refractivity contribution in [2.45, 2.75) is 71.6 Å². The highest BCUT2D eigenvalue weighted by Crippen LogP contribution is 2.17. The topological polar surface area (TPSA) is 40.5 Å². The average molecular weight is 343 g/mol. The van der Waals surface area contributed by atoms with E-state index < -0.39 is 0 Å². The lowest BCUT2D eigenvalue weighted by molar-refractivity contribution is 0.474. The predicted molar refractivity (Wildman–Crippen MR) is 107 cm³/mol. The molecule has 0 radical (unpaired) electrons. The van der Waals surface area contributed by atoms with Crippen molar-refractivity contribution in [1.82, 2.24) is 0 Å². The van der Waals surface area contributed by atoms with Crippen LogP contribution in [-0.4, -0.2) is 10.2 Å². The Bertz CT molecular complexity index is 556. The fraction of sp³-hybridized carbons (Fsp3) is 0.478. The maximum Gasteiger partial charge on any atom is 0.115 e. The second-order valence-electron chi connectivity index (χ2n) is 6.93. The first-order valence-corrected chi connectivity index (χ1v) is 9.59. The first-order valence-electron chi connectivity index (χ1n) is 9.59. The van der Waals surface area contributed by atoms with E-state index in [4.69, 9.17) is 10.2 Å². The van der Waals surface area contributed by atoms with Crippen LogP contribution in [0.25, 0.3) is 0 Å². The van der Waals surface area contributed by atoms with Crippen molar-refractivity contribution in [2.24, 2.45) is 0 Å². The van der Waals surface area contributed by atoms with E-state index >= 15 is 0 Å². The third kappa shape index (κ3) is 9.81. The van der Waals surface area contributed by atoms with Crippen molar-refractivity contribution in [2.75, 3.05) is 0 Å². The third-order valence-electron chi connectivity index (χ3n) is 4.32. The summed E-state index contributed by atoms with van der Waals surface area (Å²) >= 11 is 0. The summed E-state index contributed by atoms with van der Waals surface area (Å²) in [4.78, 5) is 0. The first kappa shape index (κ1) is 21.1. The Morgan fingerprint density at radius 2 is 1.16 bits per heavy atom. The van der Waals surface area contributed by atoms with Gasteiger partial charge in [0.25, 0.3) is 0 Å². The maximum atomic E-state index is 9.13. The summed E-state index contributed by atoms with van der Waals surface area (Å²) in [7, 11) is 0. The van der Waals surface area contributed by atoms with Crippen LogP contribution in [0.3, 0.4) is 0 Å². The van der Waals surface area contributed by atoms with Gasteiger partial charge in [-0.25, -0.2) is 0 Å². The molecule has 2 rings (SSSR count). The van der Waals surface area contributed by atoms with Gasteiger partial charge in [0.2, 0.25) is 0 Å². The molecule has 0 aliphatic rings. The van der Waals surface area contributed by atoms with Crippen molar-refractivity contribution >= 4 is 0 Å². The van der Waals surface area contributed by atoms with Crippen molar-refractivity contribution in [1.29, 1.82) is 0 Å². The lowest BCUT2D eigenvalue weighted by Crippen LogP contribution is -1.85. The van der Waals surface area contributed by atoms with Crippen LogP contribution in [0, 0.1) is 0 Å². The average Bonchev–Trinajstić information content (AvgIpc) is 2.60. The monoisotopic (exact) mass is 342 g/mol. The Hall–Kier alpha value is -1.96. The van der Waals surface area contributed by atoms with Gasteiger partial charge in [0.05, 0.1) is 0 Å². The molecule has 0 saturated carbocycles. The van der Waals surface area contributed by atoms with Gasteiger partial charge in [0, 0.05) is 0 Å². The fourth-order valence-electron chi connectivity index (χ4n) is 2.63. The van der Waals surface area contributed by atoms with Crippen LogP contribution in [0.15, 0.2) is 48.5 Å². The molecule has 0 saturated heterocycles. The molecule has 0 bridgehead atoms. The fourth-order valence-corrected chi connectivity index (χ4v) is 2.63. The second kappa shape index (κ2) is 12.4. The lowest BCUT2D eigenvalue weighted by Gasteiger charge is -2.03. The van der Waals surface area contributed by atoms with Gasteiger partial charge in [-0.2, -0.15) is 0 Å². The second-order valence-corrected chi connectivity index (χ2v) is 6.93. The molecular weight excluding hydrogens is 308 g/mol. The standard InChI is InChI=1S/C14H22O.C9H12O/c1-2-3-4-5-6-7-8-13-9-11-14(15)12-10-13;1-7(2)8-3-5-9(10)6-4-8/h9-12,15H,2-8H2,1H3;3-7,10H,1-2H3. The van der Waals surface area contributed by atoms with Crippen molar-refractivity contribution in [3.05, 3.63) is 59.7 Å². The molecule has 0 unspecified atom stereocenters. The summed E-state index contributed by atoms with van der Waals surface area (Å²) in [5.74, 6) is 1.24. The number of rotatable bonds is 8. The van der Waals surface area contributed by atoms with Crippen LogP contribution in [0.4, 0.5) is 0 Å². The number of hydrogen-bond donors (Lipinski definition) is 2. The Balaban J connectivity index is 0.000000271. The Morgan fingerprint density at radius 3 is 1.68 bits per heavy atom. The molecule has 0 fully saturated rings. The normalized spacial score (nSPS) is 10.4. The zero-order valence-electron chi connectivity index (χ0n) is 16.0. The van der Waals surface area contributed by atoms with E-state index in [1.165, 1.54) is 49.7 Å². The van der Waals surface area contributed by atoms with Crippen LogP contribution in [0.5, 0.6) is 11.5 Å². The van der Waals surface area contributed by atoms with Crippen molar-refractivity contribution < 1.29 is 10.2 Å². The third-order valence-corrected chi connectivity index (χ3v) is 4.32. The van der Waals surface area contributed by atoms with E-state index in [1.807, 2.05) is 24.3 Å². The number of phenolic OH excluding ortho intramolecular Hbond substituents is 2. The molecule has 0 atom stereocenters. The van der Waals surface area contributed by atoms with Crippen LogP contribution in [-0.2, 0) is 6.42 Å². The lowest BCUT2D eigenvalue weighted by atomic mass is 10.0. The molecule has 2 aromatic rings. The Labute approximate surface area is 153 Å². The first-order chi connectivity index (χ1) is 12.0. The molecule has 25 heavy (non-hydrogen) atoms. The molecule has 138 valence electrons. The molecule has 0 heterocycles. The van der Waals surface area contributed by atoms with E-state index in [-0.39, 0.29) is 0 Å². The summed E-state index contributed by atoms with van der Waals surface area (Å²) in [5, 5.41) is 18.1. The zero-order valence-corrected chi connectivity index (χ0v) is 16.0. The van der Waals surface area contributed by atoms with E-state index in [0.29, 0.717) is 17.4 Å². The summed E-state index contributed by atoms with van der Waals surface area (Å²) in [6.45, 7) is 6.51. The highest BCUT2D eigenvalue weighted by molar-refractivity contribution is 5.27. The predicted octanol–water partition coefficient (Wildman–Crippen LogP) is 6.81. The van der Waals surface area contributed by atoms with Gasteiger partial charge in [0.15, 0.2) is 0 Å². The van der Waals surface area contributed by atoms with Crippen molar-refractivity contribution in [3.63, 3.8) is 0 Å². The van der Waals surface area contributed by atoms with E-state index in [2.05, 4.69) is 20.8 Å². The largest absolute Gasteiger partial charge is 0.508 e. The van der Waals surface area contributed by atoms with Gasteiger partial charge < -0.3 is 10.2 Å². The molecule has 2 aromatic carbocycles. The van der Waals surface area contributed by atoms with Crippen LogP contribution in [0.2, 0.25) is 0 Å². The molecule has 0 amide bonds. The number of benzene rings is 2. The van der Waals surface area contributed by atoms with Crippen LogP contribution in [0.1, 0.15) is 76.3 Å². The van der Waals surface area contributed by atoms with Crippen LogP contribution >= 0.6 is 0 Å². The summed E-state index contributed by atoms with van der Waals surface area (Å²) in [6, 6.07) is 14.9. The maximum absolute atomic E-state index is 9.13. The quantitative estimate of drug-likeness (QED) is 0.517. The van der Waals surface area contributed by atoms with Gasteiger partial charge in [-0.1, -0.05) is 77.1 Å². The number of aryl methyl sites for hydroxylation is 1. The van der Waals surface area contributed by atoms with Crippen LogP contribution < -0.4 is 0 Å². The minimum Gasteiger partial charge on any atom is -0.508 e. The minimum absolute atomic E-state index is 0.337. The zero-order chi connectivity index (χ0) is 18.5. The molecule has 0 spiro atoms. The molecule has 2 nitrogen and oxygen atoms in total. The molecule has 2 heteroatoms. The summed E-state index contributed by atoms with van der Waals surface area (Å²) in [6.07, 6.45) is 9.19. The molecule has 2 N–H and O–H groups in total. The Morgan fingerprint density at radius 1 is 0.680 bits per heavy atom. The van der Waals surface area contributed by atoms with Gasteiger partial charge in [-0.05, 0) is 54.2 Å². The minimum atomic E-state index is 0.337. The molecular formula is C23H34O2. The van der Waals surface area contributed by atoms with E-state index in [9.17, 15) is 0 Å². The molecule has 0 aromatic heterocycles. The van der Waals surface area contributed by atoms with Gasteiger partial charge in [-0.15, -0.1) is 0 Å². The highest BCUT2D eigenvalue weighted by Gasteiger charge is 1.96. The van der Waals surface area contributed by atoms with Crippen molar-refractivity contribution in [3.8, 4) is 11.5 Å². The van der Waals surface area contributed by atoms with Gasteiger partial charge in [-0.3, -0.25) is 0 Å². The van der Waals surface area contributed by atoms with E-state index in [0.717, 1.165) is 6.42 Å². The summed E-state index contributed by atoms with van der Waals surface area (Å²) in [5.41, 5.74) is 2.60. The Kier molecular flexibility index (Phi) is 10.5. The molecule has 0 aliphatic heterocycles. The van der Waals surface area contributed by atoms with E-state index in [1.54, 1.807) is 24.3 Å². The van der Waals surface area contributed by atoms with Gasteiger partial charge in [0.1, 0.15) is 11.5 Å². The number of aromatic hydroxyl groups is 2. The smallest absolute Gasteiger partial charge is 0.115 e. The van der Waals surface area contributed by atoms with Gasteiger partial charge >= 0.3 is 0 Å². The number of hydrogen-bond acceptors (Lipinski definition) is 2. The number of unbranched alkanes of at least 4 members (excludes halogenated alkanes) is 5. The number of phenols is 2. The SMILES string of the molecule is CC(C)c1ccc(O)cc1.CCCCCCCCc1ccc(O)cc1. The highest BCUT2D eigenvalue weighted by atomic mass is 16.3.